The third-order valence-electron chi connectivity index (χ3n) is 3.37. The van der Waals surface area contributed by atoms with Crippen LogP contribution in [0.5, 0.6) is 5.75 Å². The Morgan fingerprint density at radius 2 is 1.91 bits per heavy atom. The van der Waals surface area contributed by atoms with Gasteiger partial charge in [-0.2, -0.15) is 0 Å². The van der Waals surface area contributed by atoms with E-state index in [9.17, 15) is 4.79 Å². The molecule has 0 aliphatic rings. The number of thiophene rings is 1. The molecule has 2 aromatic carbocycles. The number of rotatable bonds is 6. The second kappa shape index (κ2) is 6.62. The van der Waals surface area contributed by atoms with Crippen molar-refractivity contribution in [2.45, 2.75) is 19.4 Å². The van der Waals surface area contributed by atoms with Crippen molar-refractivity contribution >= 4 is 27.4 Å². The number of aryl methyl sites for hydroxylation is 1. The fraction of sp³-hybridized carbons (Fsp3) is 0.167. The van der Waals surface area contributed by atoms with Gasteiger partial charge in [-0.3, -0.25) is 4.79 Å². The fourth-order valence-corrected chi connectivity index (χ4v) is 3.30. The van der Waals surface area contributed by atoms with Crippen LogP contribution in [0, 0.1) is 0 Å². The Bertz CT molecular complexity index is 777. The Hall–Kier alpha value is -2.33. The highest BCUT2D eigenvalue weighted by molar-refractivity contribution is 7.19. The van der Waals surface area contributed by atoms with Gasteiger partial charge in [0.15, 0.2) is 0 Å². The van der Waals surface area contributed by atoms with Crippen LogP contribution in [0.25, 0.3) is 10.1 Å². The van der Waals surface area contributed by atoms with Gasteiger partial charge in [0.1, 0.15) is 12.4 Å². The summed E-state index contributed by atoms with van der Waals surface area (Å²) in [4.78, 5) is 11.7. The maximum atomic E-state index is 10.6. The Morgan fingerprint density at radius 1 is 1.09 bits per heavy atom. The first-order valence-corrected chi connectivity index (χ1v) is 7.93. The van der Waals surface area contributed by atoms with E-state index >= 15 is 0 Å². The number of ether oxygens (including phenoxy) is 1. The molecule has 3 rings (SSSR count). The number of carbonyl (C=O) groups is 1. The van der Waals surface area contributed by atoms with Crippen molar-refractivity contribution in [2.75, 3.05) is 0 Å². The summed E-state index contributed by atoms with van der Waals surface area (Å²) in [6, 6.07) is 18.1. The average molecular weight is 312 g/mol. The molecule has 1 N–H and O–H groups in total. The first-order valence-electron chi connectivity index (χ1n) is 7.12. The maximum absolute atomic E-state index is 10.6. The Kier molecular flexibility index (Phi) is 4.39. The molecule has 0 bridgehead atoms. The first-order chi connectivity index (χ1) is 10.7. The van der Waals surface area contributed by atoms with E-state index in [-0.39, 0.29) is 6.42 Å². The summed E-state index contributed by atoms with van der Waals surface area (Å²) < 4.78 is 6.98. The van der Waals surface area contributed by atoms with Crippen LogP contribution >= 0.6 is 11.3 Å². The van der Waals surface area contributed by atoms with Crippen molar-refractivity contribution in [3.05, 3.63) is 65.0 Å². The Labute approximate surface area is 132 Å². The van der Waals surface area contributed by atoms with Gasteiger partial charge in [-0.15, -0.1) is 11.3 Å². The molecule has 22 heavy (non-hydrogen) atoms. The molecule has 0 amide bonds. The molecule has 3 aromatic rings. The standard InChI is InChI=1S/C18H16O3S/c19-18(20)9-7-16-11-14-10-15(6-8-17(14)22-16)21-12-13-4-2-1-3-5-13/h1-6,8,10-11H,7,9,12H2,(H,19,20). The third kappa shape index (κ3) is 3.65. The molecule has 0 unspecified atom stereocenters. The molecular formula is C18H16O3S. The van der Waals surface area contributed by atoms with Crippen LogP contribution in [-0.4, -0.2) is 11.1 Å². The van der Waals surface area contributed by atoms with Crippen LogP contribution in [0.3, 0.4) is 0 Å². The van der Waals surface area contributed by atoms with E-state index in [1.165, 1.54) is 0 Å². The molecule has 4 heteroatoms. The molecule has 0 saturated heterocycles. The van der Waals surface area contributed by atoms with Crippen LogP contribution < -0.4 is 4.74 Å². The summed E-state index contributed by atoms with van der Waals surface area (Å²) in [5.74, 6) is 0.0725. The molecular weight excluding hydrogens is 296 g/mol. The highest BCUT2D eigenvalue weighted by Gasteiger charge is 2.06. The molecule has 1 aromatic heterocycles. The van der Waals surface area contributed by atoms with Crippen LogP contribution in [-0.2, 0) is 17.8 Å². The fourth-order valence-electron chi connectivity index (χ4n) is 2.26. The van der Waals surface area contributed by atoms with Gasteiger partial charge >= 0.3 is 5.97 Å². The monoisotopic (exact) mass is 312 g/mol. The zero-order chi connectivity index (χ0) is 15.4. The molecule has 0 saturated carbocycles. The highest BCUT2D eigenvalue weighted by atomic mass is 32.1. The molecule has 0 atom stereocenters. The topological polar surface area (TPSA) is 46.5 Å². The number of hydrogen-bond donors (Lipinski definition) is 1. The molecule has 0 fully saturated rings. The van der Waals surface area contributed by atoms with E-state index in [1.807, 2.05) is 48.5 Å². The van der Waals surface area contributed by atoms with Crippen molar-refractivity contribution < 1.29 is 14.6 Å². The van der Waals surface area contributed by atoms with Gasteiger partial charge in [0, 0.05) is 9.58 Å². The van der Waals surface area contributed by atoms with E-state index in [4.69, 9.17) is 9.84 Å². The summed E-state index contributed by atoms with van der Waals surface area (Å²) in [6.45, 7) is 0.544. The quantitative estimate of drug-likeness (QED) is 0.729. The minimum atomic E-state index is -0.760. The van der Waals surface area contributed by atoms with Gasteiger partial charge in [-0.05, 0) is 41.6 Å². The van der Waals surface area contributed by atoms with Crippen LogP contribution in [0.2, 0.25) is 0 Å². The highest BCUT2D eigenvalue weighted by Crippen LogP contribution is 2.30. The number of aliphatic carboxylic acids is 1. The Balaban J connectivity index is 1.70. The zero-order valence-corrected chi connectivity index (χ0v) is 12.8. The number of carboxylic acid groups (broad SMARTS) is 1. The minimum Gasteiger partial charge on any atom is -0.489 e. The van der Waals surface area contributed by atoms with Crippen LogP contribution in [0.4, 0.5) is 0 Å². The predicted molar refractivity (Wildman–Crippen MR) is 88.6 cm³/mol. The van der Waals surface area contributed by atoms with Crippen molar-refractivity contribution in [1.29, 1.82) is 0 Å². The molecule has 0 aliphatic heterocycles. The average Bonchev–Trinajstić information content (AvgIpc) is 2.94. The normalized spacial score (nSPS) is 10.7. The predicted octanol–water partition coefficient (Wildman–Crippen LogP) is 4.50. The number of fused-ring (bicyclic) bond motifs is 1. The van der Waals surface area contributed by atoms with E-state index < -0.39 is 5.97 Å². The maximum Gasteiger partial charge on any atom is 0.303 e. The van der Waals surface area contributed by atoms with E-state index in [0.29, 0.717) is 13.0 Å². The molecule has 0 radical (unpaired) electrons. The summed E-state index contributed by atoms with van der Waals surface area (Å²) in [7, 11) is 0. The third-order valence-corrected chi connectivity index (χ3v) is 4.55. The molecule has 112 valence electrons. The number of benzene rings is 2. The van der Waals surface area contributed by atoms with Crippen molar-refractivity contribution in [3.8, 4) is 5.75 Å². The lowest BCUT2D eigenvalue weighted by Crippen LogP contribution is -1.95. The zero-order valence-electron chi connectivity index (χ0n) is 12.0. The lowest BCUT2D eigenvalue weighted by molar-refractivity contribution is -0.136. The second-order valence-corrected chi connectivity index (χ2v) is 6.25. The number of hydrogen-bond acceptors (Lipinski definition) is 3. The lowest BCUT2D eigenvalue weighted by atomic mass is 10.2. The van der Waals surface area contributed by atoms with Crippen molar-refractivity contribution in [1.82, 2.24) is 0 Å². The second-order valence-electron chi connectivity index (χ2n) is 5.08. The van der Waals surface area contributed by atoms with Crippen LogP contribution in [0.15, 0.2) is 54.6 Å². The van der Waals surface area contributed by atoms with Crippen molar-refractivity contribution in [2.24, 2.45) is 0 Å². The largest absolute Gasteiger partial charge is 0.489 e. The van der Waals surface area contributed by atoms with Gasteiger partial charge in [0.2, 0.25) is 0 Å². The van der Waals surface area contributed by atoms with Crippen LogP contribution in [0.1, 0.15) is 16.9 Å². The molecule has 0 aliphatic carbocycles. The van der Waals surface area contributed by atoms with Crippen molar-refractivity contribution in [3.63, 3.8) is 0 Å². The van der Waals surface area contributed by atoms with Gasteiger partial charge < -0.3 is 9.84 Å². The molecule has 0 spiro atoms. The summed E-state index contributed by atoms with van der Waals surface area (Å²) in [5, 5.41) is 9.86. The van der Waals surface area contributed by atoms with E-state index in [2.05, 4.69) is 6.07 Å². The SMILES string of the molecule is O=C(O)CCc1cc2cc(OCc3ccccc3)ccc2s1. The smallest absolute Gasteiger partial charge is 0.303 e. The van der Waals surface area contributed by atoms with E-state index in [1.54, 1.807) is 11.3 Å². The summed E-state index contributed by atoms with van der Waals surface area (Å²) in [6.07, 6.45) is 0.749. The minimum absolute atomic E-state index is 0.171. The molecule has 3 nitrogen and oxygen atoms in total. The van der Waals surface area contributed by atoms with Gasteiger partial charge in [0.25, 0.3) is 0 Å². The number of carboxylic acids is 1. The van der Waals surface area contributed by atoms with Gasteiger partial charge in [-0.25, -0.2) is 0 Å². The lowest BCUT2D eigenvalue weighted by Gasteiger charge is -2.06. The Morgan fingerprint density at radius 3 is 2.68 bits per heavy atom. The van der Waals surface area contributed by atoms with Gasteiger partial charge in [0.05, 0.1) is 6.42 Å². The molecule has 1 heterocycles. The van der Waals surface area contributed by atoms with E-state index in [0.717, 1.165) is 26.3 Å². The summed E-state index contributed by atoms with van der Waals surface area (Å²) in [5.41, 5.74) is 1.13. The first kappa shape index (κ1) is 14.6. The van der Waals surface area contributed by atoms with Gasteiger partial charge in [-0.1, -0.05) is 30.3 Å². The summed E-state index contributed by atoms with van der Waals surface area (Å²) >= 11 is 1.64.